The summed E-state index contributed by atoms with van der Waals surface area (Å²) in [6, 6.07) is -1.98. The van der Waals surface area contributed by atoms with Crippen LogP contribution in [0.2, 0.25) is 0 Å². The second-order valence-corrected chi connectivity index (χ2v) is 4.34. The van der Waals surface area contributed by atoms with Crippen LogP contribution in [0.15, 0.2) is 0 Å². The molecule has 0 aromatic rings. The van der Waals surface area contributed by atoms with Crippen molar-refractivity contribution in [1.82, 2.24) is 0 Å². The Morgan fingerprint density at radius 3 is 2.53 bits per heavy atom. The van der Waals surface area contributed by atoms with E-state index in [1.54, 1.807) is 0 Å². The highest BCUT2D eigenvalue weighted by Gasteiger charge is 2.51. The van der Waals surface area contributed by atoms with Gasteiger partial charge in [-0.15, -0.1) is 0 Å². The summed E-state index contributed by atoms with van der Waals surface area (Å²) in [6.07, 6.45) is -4.00. The van der Waals surface area contributed by atoms with E-state index in [9.17, 15) is 20.1 Å². The van der Waals surface area contributed by atoms with E-state index in [1.807, 2.05) is 0 Å². The fourth-order valence-corrected chi connectivity index (χ4v) is 1.74. The Hall–Kier alpha value is -0.770. The Kier molecular flexibility index (Phi) is 4.07. The highest BCUT2D eigenvalue weighted by molar-refractivity contribution is 5.75. The molecule has 17 heavy (non-hydrogen) atoms. The third-order valence-electron chi connectivity index (χ3n) is 2.91. The number of carboxylic acids is 1. The fourth-order valence-electron chi connectivity index (χ4n) is 1.74. The minimum absolute atomic E-state index is 0.549. The van der Waals surface area contributed by atoms with E-state index in [0.29, 0.717) is 0 Å². The van der Waals surface area contributed by atoms with Crippen LogP contribution in [0.5, 0.6) is 0 Å². The van der Waals surface area contributed by atoms with Gasteiger partial charge in [-0.05, 0) is 6.92 Å². The molecule has 0 amide bonds. The van der Waals surface area contributed by atoms with Gasteiger partial charge >= 0.3 is 5.97 Å². The molecule has 1 fully saturated rings. The van der Waals surface area contributed by atoms with E-state index in [2.05, 4.69) is 0 Å². The number of aliphatic hydroxyl groups excluding tert-OH is 2. The molecule has 0 radical (unpaired) electrons. The van der Waals surface area contributed by atoms with Gasteiger partial charge in [0.15, 0.2) is 0 Å². The van der Waals surface area contributed by atoms with Crippen molar-refractivity contribution < 1.29 is 30.0 Å². The van der Waals surface area contributed by atoms with Crippen molar-refractivity contribution in [1.29, 1.82) is 0 Å². The molecule has 0 aliphatic carbocycles. The number of nitrogens with two attached hydrogens (primary N) is 2. The number of aliphatic carboxylic acids is 1. The quantitative estimate of drug-likeness (QED) is 0.308. The van der Waals surface area contributed by atoms with Gasteiger partial charge in [-0.1, -0.05) is 0 Å². The minimum Gasteiger partial charge on any atom is -0.477 e. The molecule has 0 aromatic heterocycles. The Morgan fingerprint density at radius 1 is 1.59 bits per heavy atom. The zero-order valence-corrected chi connectivity index (χ0v) is 9.35. The van der Waals surface area contributed by atoms with E-state index >= 15 is 0 Å². The Balaban J connectivity index is 2.93. The number of carboxylic acid groups (broad SMARTS) is 1. The number of carbonyl (C=O) groups is 1. The zero-order valence-electron chi connectivity index (χ0n) is 9.35. The highest BCUT2D eigenvalue weighted by atomic mass is 16.7. The zero-order chi connectivity index (χ0) is 13.4. The Labute approximate surface area is 97.8 Å². The maximum atomic E-state index is 10.8. The molecule has 8 heteroatoms. The van der Waals surface area contributed by atoms with Crippen molar-refractivity contribution >= 4 is 5.97 Å². The lowest BCUT2D eigenvalue weighted by Gasteiger charge is -2.43. The standard InChI is InChI=1S/C9H18N2O6/c1-3(12)5(10)7-6(11)4(13)2-9(16,17-7)8(14)15/h3-7,12-13,16H,2,10-11H2,1H3,(H,14,15)/t3?,4-,5?,6-,7-,9?/m0/s1. The number of hydrogen-bond acceptors (Lipinski definition) is 7. The lowest BCUT2D eigenvalue weighted by molar-refractivity contribution is -0.279. The first-order valence-electron chi connectivity index (χ1n) is 5.20. The molecule has 1 heterocycles. The van der Waals surface area contributed by atoms with Crippen LogP contribution in [0.3, 0.4) is 0 Å². The summed E-state index contributed by atoms with van der Waals surface area (Å²) in [5, 5.41) is 37.4. The van der Waals surface area contributed by atoms with Crippen molar-refractivity contribution in [2.24, 2.45) is 11.5 Å². The molecule has 3 unspecified atom stereocenters. The van der Waals surface area contributed by atoms with Crippen LogP contribution in [-0.4, -0.2) is 62.6 Å². The molecule has 1 aliphatic heterocycles. The van der Waals surface area contributed by atoms with Crippen molar-refractivity contribution in [3.8, 4) is 0 Å². The van der Waals surface area contributed by atoms with E-state index in [0.717, 1.165) is 0 Å². The first kappa shape index (κ1) is 14.3. The molecule has 8 N–H and O–H groups in total. The molecular weight excluding hydrogens is 232 g/mol. The van der Waals surface area contributed by atoms with Crippen LogP contribution in [0.25, 0.3) is 0 Å². The predicted octanol–water partition coefficient (Wildman–Crippen LogP) is -3.06. The normalized spacial score (nSPS) is 41.9. The van der Waals surface area contributed by atoms with Gasteiger partial charge in [-0.2, -0.15) is 0 Å². The number of rotatable bonds is 3. The topological polar surface area (TPSA) is 159 Å². The summed E-state index contributed by atoms with van der Waals surface area (Å²) in [5.74, 6) is -4.17. The van der Waals surface area contributed by atoms with Gasteiger partial charge in [-0.25, -0.2) is 4.79 Å². The molecule has 6 atom stereocenters. The molecule has 0 spiro atoms. The smallest absolute Gasteiger partial charge is 0.364 e. The average Bonchev–Trinajstić information content (AvgIpc) is 2.22. The van der Waals surface area contributed by atoms with E-state index in [4.69, 9.17) is 21.3 Å². The summed E-state index contributed by atoms with van der Waals surface area (Å²) in [7, 11) is 0. The first-order chi connectivity index (χ1) is 7.69. The first-order valence-corrected chi connectivity index (χ1v) is 5.20. The number of hydrogen-bond donors (Lipinski definition) is 6. The molecule has 0 bridgehead atoms. The highest BCUT2D eigenvalue weighted by Crippen LogP contribution is 2.28. The van der Waals surface area contributed by atoms with E-state index < -0.39 is 48.6 Å². The monoisotopic (exact) mass is 250 g/mol. The molecular formula is C9H18N2O6. The summed E-state index contributed by atoms with van der Waals surface area (Å²) in [6.45, 7) is 1.38. The molecule has 0 saturated carbocycles. The van der Waals surface area contributed by atoms with Crippen molar-refractivity contribution in [3.05, 3.63) is 0 Å². The number of aliphatic hydroxyl groups is 3. The van der Waals surface area contributed by atoms with Gasteiger partial charge in [0.25, 0.3) is 5.79 Å². The second-order valence-electron chi connectivity index (χ2n) is 4.34. The maximum absolute atomic E-state index is 10.8. The van der Waals surface area contributed by atoms with Gasteiger partial charge in [0.1, 0.15) is 0 Å². The van der Waals surface area contributed by atoms with Crippen molar-refractivity contribution in [3.63, 3.8) is 0 Å². The largest absolute Gasteiger partial charge is 0.477 e. The average molecular weight is 250 g/mol. The Morgan fingerprint density at radius 2 is 2.12 bits per heavy atom. The summed E-state index contributed by atoms with van der Waals surface area (Å²) < 4.78 is 4.93. The SMILES string of the molecule is CC(O)C(N)[C@@H]1OC(O)(C(=O)O)C[C@H](O)[C@@H]1N. The van der Waals surface area contributed by atoms with E-state index in [1.165, 1.54) is 6.92 Å². The van der Waals surface area contributed by atoms with Crippen LogP contribution in [0.4, 0.5) is 0 Å². The van der Waals surface area contributed by atoms with Gasteiger partial charge in [0, 0.05) is 6.42 Å². The molecule has 1 aliphatic rings. The van der Waals surface area contributed by atoms with Crippen LogP contribution >= 0.6 is 0 Å². The van der Waals surface area contributed by atoms with Crippen molar-refractivity contribution in [2.45, 2.75) is 49.5 Å². The summed E-state index contributed by atoms with van der Waals surface area (Å²) in [5.41, 5.74) is 11.2. The molecule has 1 rings (SSSR count). The molecule has 0 aromatic carbocycles. The molecule has 100 valence electrons. The van der Waals surface area contributed by atoms with Crippen LogP contribution in [0, 0.1) is 0 Å². The number of ether oxygens (including phenoxy) is 1. The summed E-state index contributed by atoms with van der Waals surface area (Å²) >= 11 is 0. The lowest BCUT2D eigenvalue weighted by Crippen LogP contribution is -2.66. The van der Waals surface area contributed by atoms with Gasteiger partial charge in [0.2, 0.25) is 0 Å². The third-order valence-corrected chi connectivity index (χ3v) is 2.91. The van der Waals surface area contributed by atoms with Gasteiger partial charge < -0.3 is 36.6 Å². The molecule has 8 nitrogen and oxygen atoms in total. The predicted molar refractivity (Wildman–Crippen MR) is 55.7 cm³/mol. The minimum atomic E-state index is -2.54. The van der Waals surface area contributed by atoms with E-state index in [-0.39, 0.29) is 0 Å². The maximum Gasteiger partial charge on any atom is 0.364 e. The van der Waals surface area contributed by atoms with Crippen LogP contribution in [-0.2, 0) is 9.53 Å². The molecule has 1 saturated heterocycles. The third kappa shape index (κ3) is 2.73. The van der Waals surface area contributed by atoms with Crippen LogP contribution < -0.4 is 11.5 Å². The lowest BCUT2D eigenvalue weighted by atomic mass is 9.89. The fraction of sp³-hybridized carbons (Fsp3) is 0.889. The Bertz CT molecular complexity index is 295. The van der Waals surface area contributed by atoms with Crippen molar-refractivity contribution in [2.75, 3.05) is 0 Å². The summed E-state index contributed by atoms with van der Waals surface area (Å²) in [4.78, 5) is 10.8. The van der Waals surface area contributed by atoms with Gasteiger partial charge in [0.05, 0.1) is 30.4 Å². The van der Waals surface area contributed by atoms with Gasteiger partial charge in [-0.3, -0.25) is 0 Å². The second kappa shape index (κ2) is 4.84. The van der Waals surface area contributed by atoms with Crippen LogP contribution in [0.1, 0.15) is 13.3 Å².